The van der Waals surface area contributed by atoms with Gasteiger partial charge in [0.25, 0.3) is 0 Å². The van der Waals surface area contributed by atoms with Crippen molar-refractivity contribution in [2.75, 3.05) is 0 Å². The van der Waals surface area contributed by atoms with Crippen LogP contribution in [-0.2, 0) is 32.0 Å². The van der Waals surface area contributed by atoms with Crippen molar-refractivity contribution in [2.24, 2.45) is 11.8 Å². The predicted octanol–water partition coefficient (Wildman–Crippen LogP) is 5.14. The zero-order valence-corrected chi connectivity index (χ0v) is 24.2. The maximum atomic E-state index is 12.3. The Morgan fingerprint density at radius 3 is 1.43 bits per heavy atom. The van der Waals surface area contributed by atoms with Gasteiger partial charge in [-0.25, -0.2) is 9.59 Å². The fourth-order valence-corrected chi connectivity index (χ4v) is 5.72. The van der Waals surface area contributed by atoms with Gasteiger partial charge in [-0.05, 0) is 99.9 Å². The Kier molecular flexibility index (Phi) is 9.55. The van der Waals surface area contributed by atoms with E-state index >= 15 is 0 Å². The summed E-state index contributed by atoms with van der Waals surface area (Å²) in [6, 6.07) is 10.3. The van der Waals surface area contributed by atoms with Crippen LogP contribution >= 0.6 is 0 Å². The van der Waals surface area contributed by atoms with Gasteiger partial charge in [-0.3, -0.25) is 9.59 Å². The first kappa shape index (κ1) is 30.6. The number of benzene rings is 2. The van der Waals surface area contributed by atoms with Gasteiger partial charge in [0, 0.05) is 36.8 Å². The second kappa shape index (κ2) is 13.1. The zero-order valence-electron chi connectivity index (χ0n) is 24.2. The first-order valence-electron chi connectivity index (χ1n) is 14.1. The molecule has 42 heavy (non-hydrogen) atoms. The largest absolute Gasteiger partial charge is 0.490 e. The Balaban J connectivity index is 1.46. The Morgan fingerprint density at radius 2 is 1.10 bits per heavy atom. The molecule has 4 atom stereocenters. The van der Waals surface area contributed by atoms with Gasteiger partial charge in [0.15, 0.2) is 0 Å². The van der Waals surface area contributed by atoms with Crippen LogP contribution in [0.1, 0.15) is 64.5 Å². The van der Waals surface area contributed by atoms with Crippen molar-refractivity contribution in [3.63, 3.8) is 0 Å². The Morgan fingerprint density at radius 1 is 0.714 bits per heavy atom. The third-order valence-corrected chi connectivity index (χ3v) is 7.92. The van der Waals surface area contributed by atoms with E-state index in [0.717, 1.165) is 11.1 Å². The molecule has 10 nitrogen and oxygen atoms in total. The van der Waals surface area contributed by atoms with E-state index in [-0.39, 0.29) is 48.0 Å². The van der Waals surface area contributed by atoms with Gasteiger partial charge in [0.05, 0.1) is 12.2 Å². The summed E-state index contributed by atoms with van der Waals surface area (Å²) in [5.41, 5.74) is 1.46. The molecule has 2 heterocycles. The minimum Gasteiger partial charge on any atom is -0.490 e. The third-order valence-electron chi connectivity index (χ3n) is 7.92. The van der Waals surface area contributed by atoms with Crippen molar-refractivity contribution in [1.29, 1.82) is 0 Å². The van der Waals surface area contributed by atoms with E-state index in [1.165, 1.54) is 13.8 Å². The molecule has 2 aromatic rings. The van der Waals surface area contributed by atoms with E-state index < -0.39 is 23.9 Å². The molecule has 2 aliphatic rings. The standard InChI is InChI=1S/C32H36O10/c1-17-21(13-23-15-25(41-19(3)33)7-11-29(23)39-17)5-9-27(31(35)36)28(32(37)38)10-6-22-14-24-16-26(42-20(4)34)8-12-30(24)40-18(22)2/h7-8,11-12,15-18,21-22H,5-6,9-10,13-14H2,1-4H3,(H,35,36)(H,37,38)/b28-27+. The molecule has 0 amide bonds. The second-order valence-corrected chi connectivity index (χ2v) is 10.9. The van der Waals surface area contributed by atoms with Crippen LogP contribution < -0.4 is 18.9 Å². The van der Waals surface area contributed by atoms with Crippen LogP contribution in [0.25, 0.3) is 0 Å². The second-order valence-electron chi connectivity index (χ2n) is 10.9. The van der Waals surface area contributed by atoms with Crippen LogP contribution in [0.4, 0.5) is 0 Å². The smallest absolute Gasteiger partial charge is 0.332 e. The summed E-state index contributed by atoms with van der Waals surface area (Å²) in [5, 5.41) is 20.0. The van der Waals surface area contributed by atoms with Crippen LogP contribution in [0, 0.1) is 11.8 Å². The third kappa shape index (κ3) is 7.48. The van der Waals surface area contributed by atoms with E-state index in [4.69, 9.17) is 18.9 Å². The lowest BCUT2D eigenvalue weighted by molar-refractivity contribution is -0.136. The number of carboxylic acid groups (broad SMARTS) is 2. The first-order valence-corrected chi connectivity index (χ1v) is 14.1. The molecular weight excluding hydrogens is 544 g/mol. The fraction of sp³-hybridized carbons (Fsp3) is 0.438. The summed E-state index contributed by atoms with van der Waals surface area (Å²) in [4.78, 5) is 47.3. The van der Waals surface area contributed by atoms with Gasteiger partial charge >= 0.3 is 23.9 Å². The fourth-order valence-electron chi connectivity index (χ4n) is 5.72. The maximum Gasteiger partial charge on any atom is 0.332 e. The normalized spacial score (nSPS) is 21.4. The summed E-state index contributed by atoms with van der Waals surface area (Å²) >= 11 is 0. The molecule has 0 saturated carbocycles. The SMILES string of the molecule is CC(=O)Oc1ccc2c(c1)CC(CC/C(C(=O)O)=C(/CCC1Cc3cc(OC(C)=O)ccc3OC1C)C(=O)O)C(C)O2. The molecule has 0 aromatic heterocycles. The number of rotatable bonds is 10. The van der Waals surface area contributed by atoms with Crippen molar-refractivity contribution in [2.45, 2.75) is 78.4 Å². The predicted molar refractivity (Wildman–Crippen MR) is 151 cm³/mol. The summed E-state index contributed by atoms with van der Waals surface area (Å²) < 4.78 is 22.4. The molecule has 0 fully saturated rings. The Hall–Kier alpha value is -4.34. The van der Waals surface area contributed by atoms with Gasteiger partial charge in [0.1, 0.15) is 23.0 Å². The number of hydrogen-bond donors (Lipinski definition) is 2. The molecule has 0 saturated heterocycles. The lowest BCUT2D eigenvalue weighted by atomic mass is 9.84. The van der Waals surface area contributed by atoms with Crippen LogP contribution in [0.2, 0.25) is 0 Å². The molecule has 2 aromatic carbocycles. The van der Waals surface area contributed by atoms with E-state index in [0.29, 0.717) is 48.7 Å². The minimum atomic E-state index is -1.25. The number of hydrogen-bond acceptors (Lipinski definition) is 8. The summed E-state index contributed by atoms with van der Waals surface area (Å²) in [6.07, 6.45) is 1.69. The van der Waals surface area contributed by atoms with Crippen molar-refractivity contribution in [1.82, 2.24) is 0 Å². The average molecular weight is 581 g/mol. The van der Waals surface area contributed by atoms with Crippen molar-refractivity contribution in [3.05, 3.63) is 58.7 Å². The van der Waals surface area contributed by atoms with Gasteiger partial charge in [-0.2, -0.15) is 0 Å². The van der Waals surface area contributed by atoms with Crippen molar-refractivity contribution in [3.8, 4) is 23.0 Å². The summed E-state index contributed by atoms with van der Waals surface area (Å²) in [7, 11) is 0. The van der Waals surface area contributed by atoms with Gasteiger partial charge in [0.2, 0.25) is 0 Å². The highest BCUT2D eigenvalue weighted by Gasteiger charge is 2.31. The van der Waals surface area contributed by atoms with Crippen LogP contribution in [0.5, 0.6) is 23.0 Å². The lowest BCUT2D eigenvalue weighted by Gasteiger charge is -2.32. The summed E-state index contributed by atoms with van der Waals surface area (Å²) in [5.74, 6) is -1.32. The van der Waals surface area contributed by atoms with E-state index in [1.807, 2.05) is 13.8 Å². The number of carbonyl (C=O) groups excluding carboxylic acids is 2. The molecule has 2 aliphatic heterocycles. The molecule has 0 radical (unpaired) electrons. The van der Waals surface area contributed by atoms with Gasteiger partial charge in [-0.15, -0.1) is 0 Å². The highest BCUT2D eigenvalue weighted by Crippen LogP contribution is 2.38. The number of ether oxygens (including phenoxy) is 4. The van der Waals surface area contributed by atoms with Gasteiger partial charge in [-0.1, -0.05) is 0 Å². The molecule has 2 N–H and O–H groups in total. The van der Waals surface area contributed by atoms with E-state index in [9.17, 15) is 29.4 Å². The van der Waals surface area contributed by atoms with Crippen molar-refractivity contribution >= 4 is 23.9 Å². The molecule has 0 bridgehead atoms. The quantitative estimate of drug-likeness (QED) is 0.220. The Bertz CT molecular complexity index is 1300. The molecule has 224 valence electrons. The molecule has 4 unspecified atom stereocenters. The number of esters is 2. The lowest BCUT2D eigenvalue weighted by Crippen LogP contribution is -2.31. The number of aliphatic carboxylic acids is 2. The first-order chi connectivity index (χ1) is 19.9. The molecule has 10 heteroatoms. The van der Waals surface area contributed by atoms with Crippen LogP contribution in [0.15, 0.2) is 47.5 Å². The highest BCUT2D eigenvalue weighted by molar-refractivity contribution is 5.98. The number of carbonyl (C=O) groups is 4. The Labute approximate surface area is 244 Å². The average Bonchev–Trinajstić information content (AvgIpc) is 2.90. The van der Waals surface area contributed by atoms with E-state index in [2.05, 4.69) is 0 Å². The topological polar surface area (TPSA) is 146 Å². The minimum absolute atomic E-state index is 0.0656. The number of carboxylic acids is 2. The maximum absolute atomic E-state index is 12.3. The highest BCUT2D eigenvalue weighted by atomic mass is 16.5. The molecule has 0 spiro atoms. The molecule has 0 aliphatic carbocycles. The molecule has 4 rings (SSSR count). The van der Waals surface area contributed by atoms with Crippen molar-refractivity contribution < 1.29 is 48.3 Å². The number of fused-ring (bicyclic) bond motifs is 2. The van der Waals surface area contributed by atoms with E-state index in [1.54, 1.807) is 36.4 Å². The van der Waals surface area contributed by atoms with Gasteiger partial charge < -0.3 is 29.2 Å². The molecular formula is C32H36O10. The monoisotopic (exact) mass is 580 g/mol. The van der Waals surface area contributed by atoms with Crippen LogP contribution in [0.3, 0.4) is 0 Å². The summed E-state index contributed by atoms with van der Waals surface area (Å²) in [6.45, 7) is 6.46. The van der Waals surface area contributed by atoms with Crippen LogP contribution in [-0.4, -0.2) is 46.3 Å². The zero-order chi connectivity index (χ0) is 30.6.